The predicted octanol–water partition coefficient (Wildman–Crippen LogP) is 3.63. The van der Waals surface area contributed by atoms with Crippen molar-refractivity contribution < 1.29 is 4.52 Å². The van der Waals surface area contributed by atoms with E-state index in [1.807, 2.05) is 24.3 Å². The first-order valence-electron chi connectivity index (χ1n) is 8.20. The van der Waals surface area contributed by atoms with E-state index in [-0.39, 0.29) is 5.41 Å². The SMILES string of the molecule is CC(C)(C)c1cc(-c2cnc(Nc3ccc4cn[nH]c4c3)nc2N)no1. The summed E-state index contributed by atoms with van der Waals surface area (Å²) in [6, 6.07) is 7.69. The highest BCUT2D eigenvalue weighted by Crippen LogP contribution is 2.30. The van der Waals surface area contributed by atoms with Crippen LogP contribution in [0.1, 0.15) is 26.5 Å². The maximum atomic E-state index is 6.11. The minimum atomic E-state index is -0.131. The van der Waals surface area contributed by atoms with Crippen molar-refractivity contribution in [2.45, 2.75) is 26.2 Å². The predicted molar refractivity (Wildman–Crippen MR) is 100 cm³/mol. The van der Waals surface area contributed by atoms with Gasteiger partial charge in [0.05, 0.1) is 17.3 Å². The van der Waals surface area contributed by atoms with Crippen LogP contribution in [0, 0.1) is 0 Å². The Hall–Kier alpha value is -3.42. The zero-order chi connectivity index (χ0) is 18.3. The van der Waals surface area contributed by atoms with E-state index < -0.39 is 0 Å². The van der Waals surface area contributed by atoms with Gasteiger partial charge < -0.3 is 15.6 Å². The molecule has 3 aromatic heterocycles. The topological polar surface area (TPSA) is 119 Å². The maximum absolute atomic E-state index is 6.11. The number of aromatic nitrogens is 5. The van der Waals surface area contributed by atoms with Crippen molar-refractivity contribution in [1.29, 1.82) is 0 Å². The van der Waals surface area contributed by atoms with Crippen LogP contribution in [0.5, 0.6) is 0 Å². The van der Waals surface area contributed by atoms with Gasteiger partial charge in [0.25, 0.3) is 0 Å². The Balaban J connectivity index is 1.60. The molecule has 4 N–H and O–H groups in total. The number of anilines is 3. The van der Waals surface area contributed by atoms with Crippen LogP contribution in [0.4, 0.5) is 17.5 Å². The van der Waals surface area contributed by atoms with Crippen molar-refractivity contribution in [3.8, 4) is 11.3 Å². The Labute approximate surface area is 149 Å². The van der Waals surface area contributed by atoms with Gasteiger partial charge in [-0.25, -0.2) is 4.98 Å². The first-order chi connectivity index (χ1) is 12.4. The minimum Gasteiger partial charge on any atom is -0.383 e. The summed E-state index contributed by atoms with van der Waals surface area (Å²) in [5.74, 6) is 1.52. The zero-order valence-corrected chi connectivity index (χ0v) is 14.7. The molecule has 0 aliphatic carbocycles. The lowest BCUT2D eigenvalue weighted by Crippen LogP contribution is -2.09. The van der Waals surface area contributed by atoms with Crippen LogP contribution in [0.2, 0.25) is 0 Å². The standard InChI is InChI=1S/C18H19N7O/c1-18(2,3)15-7-14(25-26-15)12-9-20-17(23-16(12)19)22-11-5-4-10-8-21-24-13(10)6-11/h4-9H,1-3H3,(H,21,24)(H3,19,20,22,23). The van der Waals surface area contributed by atoms with E-state index in [0.717, 1.165) is 22.4 Å². The van der Waals surface area contributed by atoms with Gasteiger partial charge in [0, 0.05) is 28.8 Å². The van der Waals surface area contributed by atoms with Gasteiger partial charge in [-0.15, -0.1) is 0 Å². The van der Waals surface area contributed by atoms with Gasteiger partial charge in [-0.2, -0.15) is 10.1 Å². The number of aromatic amines is 1. The van der Waals surface area contributed by atoms with E-state index in [1.165, 1.54) is 0 Å². The van der Waals surface area contributed by atoms with Crippen LogP contribution in [0.3, 0.4) is 0 Å². The molecule has 0 aliphatic heterocycles. The monoisotopic (exact) mass is 349 g/mol. The molecule has 26 heavy (non-hydrogen) atoms. The van der Waals surface area contributed by atoms with Crippen LogP contribution in [-0.2, 0) is 5.41 Å². The Morgan fingerprint density at radius 2 is 2.00 bits per heavy atom. The smallest absolute Gasteiger partial charge is 0.229 e. The molecule has 4 rings (SSSR count). The van der Waals surface area contributed by atoms with E-state index in [0.29, 0.717) is 23.0 Å². The number of nitrogens with two attached hydrogens (primary N) is 1. The summed E-state index contributed by atoms with van der Waals surface area (Å²) in [6.07, 6.45) is 3.41. The van der Waals surface area contributed by atoms with E-state index >= 15 is 0 Å². The second kappa shape index (κ2) is 5.83. The molecule has 0 atom stereocenters. The molecule has 8 nitrogen and oxygen atoms in total. The highest BCUT2D eigenvalue weighted by molar-refractivity contribution is 5.82. The lowest BCUT2D eigenvalue weighted by Gasteiger charge is -2.12. The first-order valence-corrected chi connectivity index (χ1v) is 8.20. The summed E-state index contributed by atoms with van der Waals surface area (Å²) in [4.78, 5) is 8.67. The van der Waals surface area contributed by atoms with Crippen molar-refractivity contribution in [2.24, 2.45) is 0 Å². The molecular weight excluding hydrogens is 330 g/mol. The average molecular weight is 349 g/mol. The van der Waals surface area contributed by atoms with Crippen LogP contribution < -0.4 is 11.1 Å². The van der Waals surface area contributed by atoms with Crippen LogP contribution >= 0.6 is 0 Å². The summed E-state index contributed by atoms with van der Waals surface area (Å²) in [7, 11) is 0. The number of nitrogens with one attached hydrogen (secondary N) is 2. The molecule has 0 fully saturated rings. The molecule has 0 aliphatic rings. The number of hydrogen-bond donors (Lipinski definition) is 3. The van der Waals surface area contributed by atoms with E-state index in [1.54, 1.807) is 12.4 Å². The highest BCUT2D eigenvalue weighted by atomic mass is 16.5. The van der Waals surface area contributed by atoms with Gasteiger partial charge in [0.15, 0.2) is 0 Å². The molecule has 0 saturated carbocycles. The van der Waals surface area contributed by atoms with Crippen molar-refractivity contribution in [3.63, 3.8) is 0 Å². The molecule has 0 saturated heterocycles. The van der Waals surface area contributed by atoms with Gasteiger partial charge in [-0.3, -0.25) is 5.10 Å². The molecule has 4 aromatic rings. The average Bonchev–Trinajstić information content (AvgIpc) is 3.23. The number of nitrogen functional groups attached to an aromatic ring is 1. The Bertz CT molecular complexity index is 1070. The molecular formula is C18H19N7O. The fourth-order valence-corrected chi connectivity index (χ4v) is 2.55. The second-order valence-electron chi connectivity index (χ2n) is 7.12. The number of benzene rings is 1. The van der Waals surface area contributed by atoms with Crippen molar-refractivity contribution in [2.75, 3.05) is 11.1 Å². The van der Waals surface area contributed by atoms with Gasteiger partial charge in [0.1, 0.15) is 17.3 Å². The number of H-pyrrole nitrogens is 1. The largest absolute Gasteiger partial charge is 0.383 e. The van der Waals surface area contributed by atoms with Crippen molar-refractivity contribution in [1.82, 2.24) is 25.3 Å². The maximum Gasteiger partial charge on any atom is 0.229 e. The molecule has 0 bridgehead atoms. The van der Waals surface area contributed by atoms with Gasteiger partial charge >= 0.3 is 0 Å². The Morgan fingerprint density at radius 3 is 2.73 bits per heavy atom. The quantitative estimate of drug-likeness (QED) is 0.516. The number of hydrogen-bond acceptors (Lipinski definition) is 7. The Kier molecular flexibility index (Phi) is 3.61. The van der Waals surface area contributed by atoms with E-state index in [4.69, 9.17) is 10.3 Å². The summed E-state index contributed by atoms with van der Waals surface area (Å²) < 4.78 is 5.41. The van der Waals surface area contributed by atoms with Crippen LogP contribution in [0.15, 0.2) is 41.2 Å². The third-order valence-corrected chi connectivity index (χ3v) is 4.04. The summed E-state index contributed by atoms with van der Waals surface area (Å²) in [6.45, 7) is 6.17. The first kappa shape index (κ1) is 16.1. The fourth-order valence-electron chi connectivity index (χ4n) is 2.55. The van der Waals surface area contributed by atoms with E-state index in [9.17, 15) is 0 Å². The zero-order valence-electron chi connectivity index (χ0n) is 14.7. The third kappa shape index (κ3) is 2.97. The second-order valence-corrected chi connectivity index (χ2v) is 7.12. The van der Waals surface area contributed by atoms with Crippen molar-refractivity contribution in [3.05, 3.63) is 42.4 Å². The number of fused-ring (bicyclic) bond motifs is 1. The molecule has 0 spiro atoms. The summed E-state index contributed by atoms with van der Waals surface area (Å²) in [5.41, 5.74) is 9.01. The van der Waals surface area contributed by atoms with Gasteiger partial charge in [-0.1, -0.05) is 25.9 Å². The number of nitrogens with zero attached hydrogens (tertiary/aromatic N) is 4. The minimum absolute atomic E-state index is 0.131. The van der Waals surface area contributed by atoms with Crippen molar-refractivity contribution >= 4 is 28.4 Å². The summed E-state index contributed by atoms with van der Waals surface area (Å²) in [5, 5.41) is 15.2. The van der Waals surface area contributed by atoms with Crippen LogP contribution in [0.25, 0.3) is 22.2 Å². The molecule has 3 heterocycles. The van der Waals surface area contributed by atoms with E-state index in [2.05, 4.69) is 51.4 Å². The Morgan fingerprint density at radius 1 is 1.15 bits per heavy atom. The van der Waals surface area contributed by atoms with Gasteiger partial charge in [-0.05, 0) is 18.2 Å². The molecule has 8 heteroatoms. The lowest BCUT2D eigenvalue weighted by molar-refractivity contribution is 0.330. The summed E-state index contributed by atoms with van der Waals surface area (Å²) >= 11 is 0. The molecule has 0 radical (unpaired) electrons. The molecule has 1 aromatic carbocycles. The molecule has 0 unspecified atom stereocenters. The molecule has 0 amide bonds. The lowest BCUT2D eigenvalue weighted by atomic mass is 9.93. The highest BCUT2D eigenvalue weighted by Gasteiger charge is 2.21. The fraction of sp³-hybridized carbons (Fsp3) is 0.222. The van der Waals surface area contributed by atoms with Crippen LogP contribution in [-0.4, -0.2) is 25.3 Å². The third-order valence-electron chi connectivity index (χ3n) is 4.04. The molecule has 132 valence electrons. The normalized spacial score (nSPS) is 11.8. The van der Waals surface area contributed by atoms with Gasteiger partial charge in [0.2, 0.25) is 5.95 Å². The number of rotatable bonds is 3.